The highest BCUT2D eigenvalue weighted by Crippen LogP contribution is 2.41. The predicted molar refractivity (Wildman–Crippen MR) is 121 cm³/mol. The molecule has 2 aliphatic carbocycles. The Kier molecular flexibility index (Phi) is 5.12. The van der Waals surface area contributed by atoms with E-state index in [4.69, 9.17) is 4.99 Å². The molecule has 2 amide bonds. The zero-order valence-electron chi connectivity index (χ0n) is 18.0. The summed E-state index contributed by atoms with van der Waals surface area (Å²) in [5.41, 5.74) is 3.25. The maximum atomic E-state index is 13.4. The fraction of sp³-hybridized carbons (Fsp3) is 0.423. The minimum Gasteiger partial charge on any atom is -0.348 e. The first kappa shape index (κ1) is 20.0. The van der Waals surface area contributed by atoms with Crippen molar-refractivity contribution in [2.45, 2.75) is 57.2 Å². The van der Waals surface area contributed by atoms with Gasteiger partial charge in [0.05, 0.1) is 6.04 Å². The van der Waals surface area contributed by atoms with E-state index in [1.54, 1.807) is 4.90 Å². The van der Waals surface area contributed by atoms with E-state index in [9.17, 15) is 9.59 Å². The van der Waals surface area contributed by atoms with Crippen molar-refractivity contribution in [1.82, 2.24) is 10.2 Å². The molecule has 5 nitrogen and oxygen atoms in total. The largest absolute Gasteiger partial charge is 0.348 e. The summed E-state index contributed by atoms with van der Waals surface area (Å²) in [4.78, 5) is 33.3. The predicted octanol–water partition coefficient (Wildman–Crippen LogP) is 4.03. The Bertz CT molecular complexity index is 1020. The average Bonchev–Trinajstić information content (AvgIpc) is 3.31. The molecule has 1 fully saturated rings. The lowest BCUT2D eigenvalue weighted by molar-refractivity contribution is -0.136. The van der Waals surface area contributed by atoms with Crippen molar-refractivity contribution in [3.05, 3.63) is 71.3 Å². The zero-order chi connectivity index (χ0) is 21.4. The van der Waals surface area contributed by atoms with E-state index in [1.807, 2.05) is 42.5 Å². The lowest BCUT2D eigenvalue weighted by atomic mass is 9.82. The van der Waals surface area contributed by atoms with Gasteiger partial charge in [0.15, 0.2) is 0 Å². The maximum absolute atomic E-state index is 13.4. The van der Waals surface area contributed by atoms with Gasteiger partial charge in [-0.15, -0.1) is 0 Å². The molecule has 2 aromatic rings. The third-order valence-corrected chi connectivity index (χ3v) is 7.16. The second kappa shape index (κ2) is 7.95. The van der Waals surface area contributed by atoms with E-state index in [0.717, 1.165) is 44.1 Å². The van der Waals surface area contributed by atoms with Gasteiger partial charge in [-0.25, -0.2) is 0 Å². The molecular formula is C26H29N3O2. The van der Waals surface area contributed by atoms with Crippen LogP contribution in [0.2, 0.25) is 0 Å². The van der Waals surface area contributed by atoms with Crippen LogP contribution in [-0.2, 0) is 16.0 Å². The van der Waals surface area contributed by atoms with Gasteiger partial charge in [0.2, 0.25) is 5.91 Å². The molecule has 2 aromatic carbocycles. The van der Waals surface area contributed by atoms with Crippen molar-refractivity contribution >= 4 is 17.5 Å². The molecule has 1 atom stereocenters. The smallest absolute Gasteiger partial charge is 0.275 e. The summed E-state index contributed by atoms with van der Waals surface area (Å²) in [6.45, 7) is 2.31. The number of amides is 2. The molecule has 0 radical (unpaired) electrons. The Morgan fingerprint density at radius 2 is 1.77 bits per heavy atom. The van der Waals surface area contributed by atoms with Gasteiger partial charge in [0, 0.05) is 5.56 Å². The number of nitrogens with zero attached hydrogens (tertiary/aromatic N) is 2. The minimum atomic E-state index is -0.584. The van der Waals surface area contributed by atoms with Crippen molar-refractivity contribution in [3.63, 3.8) is 0 Å². The van der Waals surface area contributed by atoms with Gasteiger partial charge in [-0.1, -0.05) is 61.5 Å². The second-order valence-corrected chi connectivity index (χ2v) is 9.24. The molecule has 0 aromatic heterocycles. The zero-order valence-corrected chi connectivity index (χ0v) is 18.0. The molecule has 160 valence electrons. The number of aryl methyl sites for hydroxylation is 1. The summed E-state index contributed by atoms with van der Waals surface area (Å²) >= 11 is 0. The topological polar surface area (TPSA) is 61.8 Å². The van der Waals surface area contributed by atoms with Crippen LogP contribution in [0.5, 0.6) is 0 Å². The van der Waals surface area contributed by atoms with Crippen molar-refractivity contribution in [2.75, 3.05) is 6.54 Å². The van der Waals surface area contributed by atoms with Crippen molar-refractivity contribution in [3.8, 4) is 0 Å². The van der Waals surface area contributed by atoms with Crippen LogP contribution in [-0.4, -0.2) is 34.6 Å². The quantitative estimate of drug-likeness (QED) is 0.820. The van der Waals surface area contributed by atoms with Crippen LogP contribution >= 0.6 is 0 Å². The molecule has 0 bridgehead atoms. The van der Waals surface area contributed by atoms with Gasteiger partial charge in [-0.3, -0.25) is 14.6 Å². The van der Waals surface area contributed by atoms with E-state index in [1.165, 1.54) is 11.1 Å². The van der Waals surface area contributed by atoms with Crippen LogP contribution in [0.25, 0.3) is 0 Å². The van der Waals surface area contributed by atoms with Gasteiger partial charge in [0.25, 0.3) is 5.91 Å². The molecular weight excluding hydrogens is 386 g/mol. The Hall–Kier alpha value is -2.95. The lowest BCUT2D eigenvalue weighted by Gasteiger charge is -2.40. The molecule has 1 aliphatic heterocycles. The van der Waals surface area contributed by atoms with E-state index in [2.05, 4.69) is 24.4 Å². The molecule has 0 saturated heterocycles. The average molecular weight is 416 g/mol. The summed E-state index contributed by atoms with van der Waals surface area (Å²) < 4.78 is 0. The first-order chi connectivity index (χ1) is 15.1. The number of aliphatic imine (C=N–C) groups is 1. The van der Waals surface area contributed by atoms with Crippen LogP contribution in [0.15, 0.2) is 59.6 Å². The SMILES string of the molecule is CC1CCC2(CC1)N=C(c1ccccc1)C(=O)N2CC(=O)N[C@H]1CCc2ccccc21. The lowest BCUT2D eigenvalue weighted by Crippen LogP contribution is -2.52. The number of benzene rings is 2. The molecule has 5 heteroatoms. The summed E-state index contributed by atoms with van der Waals surface area (Å²) in [6.07, 6.45) is 5.56. The number of carbonyl (C=O) groups is 2. The summed E-state index contributed by atoms with van der Waals surface area (Å²) in [7, 11) is 0. The van der Waals surface area contributed by atoms with Crippen LogP contribution in [0.4, 0.5) is 0 Å². The standard InChI is InChI=1S/C26H29N3O2/c1-18-13-15-26(16-14-18)28-24(20-8-3-2-4-9-20)25(31)29(26)17-23(30)27-22-12-11-19-7-5-6-10-21(19)22/h2-10,18,22H,11-17H2,1H3,(H,27,30)/t18?,22-,26?/m0/s1. The second-order valence-electron chi connectivity index (χ2n) is 9.24. The highest BCUT2D eigenvalue weighted by molar-refractivity contribution is 6.47. The minimum absolute atomic E-state index is 0.0262. The first-order valence-electron chi connectivity index (χ1n) is 11.4. The van der Waals surface area contributed by atoms with E-state index < -0.39 is 5.66 Å². The van der Waals surface area contributed by atoms with Crippen LogP contribution in [0.1, 0.15) is 61.8 Å². The Balaban J connectivity index is 1.37. The molecule has 1 heterocycles. The number of hydrogen-bond donors (Lipinski definition) is 1. The fourth-order valence-electron chi connectivity index (χ4n) is 5.33. The number of carbonyl (C=O) groups excluding carboxylic acids is 2. The Morgan fingerprint density at radius 3 is 2.55 bits per heavy atom. The normalized spacial score (nSPS) is 27.3. The molecule has 5 rings (SSSR count). The number of hydrogen-bond acceptors (Lipinski definition) is 3. The van der Waals surface area contributed by atoms with Gasteiger partial charge < -0.3 is 10.2 Å². The first-order valence-corrected chi connectivity index (χ1v) is 11.4. The van der Waals surface area contributed by atoms with Crippen molar-refractivity contribution in [1.29, 1.82) is 0 Å². The number of fused-ring (bicyclic) bond motifs is 1. The summed E-state index contributed by atoms with van der Waals surface area (Å²) in [5, 5.41) is 3.18. The Labute approximate surface area is 183 Å². The van der Waals surface area contributed by atoms with Crippen LogP contribution < -0.4 is 5.32 Å². The fourth-order valence-corrected chi connectivity index (χ4v) is 5.33. The summed E-state index contributed by atoms with van der Waals surface area (Å²) in [5.74, 6) is 0.405. The third kappa shape index (κ3) is 3.67. The molecule has 3 aliphatic rings. The Morgan fingerprint density at radius 1 is 1.06 bits per heavy atom. The number of nitrogens with one attached hydrogen (secondary N) is 1. The molecule has 31 heavy (non-hydrogen) atoms. The molecule has 1 saturated carbocycles. The van der Waals surface area contributed by atoms with Gasteiger partial charge in [-0.05, 0) is 55.6 Å². The highest BCUT2D eigenvalue weighted by atomic mass is 16.2. The van der Waals surface area contributed by atoms with Gasteiger partial charge in [0.1, 0.15) is 17.9 Å². The third-order valence-electron chi connectivity index (χ3n) is 7.16. The molecule has 1 N–H and O–H groups in total. The summed E-state index contributed by atoms with van der Waals surface area (Å²) in [6, 6.07) is 17.9. The van der Waals surface area contributed by atoms with E-state index in [-0.39, 0.29) is 24.4 Å². The molecule has 1 spiro atoms. The van der Waals surface area contributed by atoms with E-state index >= 15 is 0 Å². The van der Waals surface area contributed by atoms with E-state index in [0.29, 0.717) is 11.6 Å². The molecule has 0 unspecified atom stereocenters. The van der Waals surface area contributed by atoms with Crippen molar-refractivity contribution < 1.29 is 9.59 Å². The van der Waals surface area contributed by atoms with Gasteiger partial charge >= 0.3 is 0 Å². The van der Waals surface area contributed by atoms with Crippen LogP contribution in [0.3, 0.4) is 0 Å². The monoisotopic (exact) mass is 415 g/mol. The van der Waals surface area contributed by atoms with Crippen LogP contribution in [0, 0.1) is 5.92 Å². The highest BCUT2D eigenvalue weighted by Gasteiger charge is 2.49. The van der Waals surface area contributed by atoms with Crippen molar-refractivity contribution in [2.24, 2.45) is 10.9 Å². The van der Waals surface area contributed by atoms with Gasteiger partial charge in [-0.2, -0.15) is 0 Å². The number of rotatable bonds is 4. The maximum Gasteiger partial charge on any atom is 0.275 e.